The van der Waals surface area contributed by atoms with Crippen LogP contribution in [0.4, 0.5) is 0 Å². The molecule has 0 saturated carbocycles. The van der Waals surface area contributed by atoms with Gasteiger partial charge in [-0.3, -0.25) is 9.88 Å². The first-order chi connectivity index (χ1) is 9.06. The Bertz CT molecular complexity index is 365. The van der Waals surface area contributed by atoms with Gasteiger partial charge in [-0.2, -0.15) is 0 Å². The van der Waals surface area contributed by atoms with Crippen LogP contribution in [0.5, 0.6) is 0 Å². The average Bonchev–Trinajstić information content (AvgIpc) is 2.37. The Morgan fingerprint density at radius 2 is 2.05 bits per heavy atom. The highest BCUT2D eigenvalue weighted by molar-refractivity contribution is 5.09. The molecule has 2 atom stereocenters. The van der Waals surface area contributed by atoms with E-state index in [0.717, 1.165) is 31.0 Å². The van der Waals surface area contributed by atoms with E-state index in [-0.39, 0.29) is 0 Å². The molecule has 2 unspecified atom stereocenters. The fourth-order valence-corrected chi connectivity index (χ4v) is 2.36. The summed E-state index contributed by atoms with van der Waals surface area (Å²) in [6, 6.07) is 6.80. The molecule has 1 aromatic heterocycles. The molecular weight excluding hydrogens is 234 g/mol. The summed E-state index contributed by atoms with van der Waals surface area (Å²) in [5.41, 5.74) is 2.25. The maximum absolute atomic E-state index is 4.57. The van der Waals surface area contributed by atoms with Crippen LogP contribution in [0.3, 0.4) is 0 Å². The van der Waals surface area contributed by atoms with E-state index in [4.69, 9.17) is 0 Å². The minimum absolute atomic E-state index is 0.560. The van der Waals surface area contributed by atoms with Crippen LogP contribution in [0.2, 0.25) is 0 Å². The SMILES string of the molecule is CCNC(CN(C)Cc1cccc(C)n1)C(C)CC. The van der Waals surface area contributed by atoms with Crippen LogP contribution in [0, 0.1) is 12.8 Å². The van der Waals surface area contributed by atoms with E-state index in [1.54, 1.807) is 0 Å². The van der Waals surface area contributed by atoms with E-state index in [2.05, 4.69) is 55.2 Å². The second-order valence-electron chi connectivity index (χ2n) is 5.52. The van der Waals surface area contributed by atoms with Crippen LogP contribution < -0.4 is 5.32 Å². The predicted octanol–water partition coefficient (Wildman–Crippen LogP) is 2.85. The van der Waals surface area contributed by atoms with Gasteiger partial charge in [0.05, 0.1) is 5.69 Å². The van der Waals surface area contributed by atoms with Gasteiger partial charge in [-0.05, 0) is 38.6 Å². The molecule has 0 radical (unpaired) electrons. The molecule has 19 heavy (non-hydrogen) atoms. The van der Waals surface area contributed by atoms with Gasteiger partial charge in [-0.25, -0.2) is 0 Å². The Labute approximate surface area is 118 Å². The van der Waals surface area contributed by atoms with Crippen LogP contribution in [-0.2, 0) is 6.54 Å². The molecule has 0 fully saturated rings. The number of aryl methyl sites for hydroxylation is 1. The van der Waals surface area contributed by atoms with Gasteiger partial charge in [0.15, 0.2) is 0 Å². The molecule has 3 heteroatoms. The number of rotatable bonds is 8. The summed E-state index contributed by atoms with van der Waals surface area (Å²) in [5.74, 6) is 0.702. The molecule has 0 amide bonds. The Kier molecular flexibility index (Phi) is 7.03. The van der Waals surface area contributed by atoms with Gasteiger partial charge in [-0.15, -0.1) is 0 Å². The lowest BCUT2D eigenvalue weighted by atomic mass is 9.98. The Hall–Kier alpha value is -0.930. The summed E-state index contributed by atoms with van der Waals surface area (Å²) in [4.78, 5) is 6.93. The van der Waals surface area contributed by atoms with Gasteiger partial charge in [0.25, 0.3) is 0 Å². The molecule has 1 N–H and O–H groups in total. The third-order valence-electron chi connectivity index (χ3n) is 3.68. The van der Waals surface area contributed by atoms with Crippen molar-refractivity contribution in [2.75, 3.05) is 20.1 Å². The van der Waals surface area contributed by atoms with Crippen molar-refractivity contribution in [2.24, 2.45) is 5.92 Å². The topological polar surface area (TPSA) is 28.2 Å². The van der Waals surface area contributed by atoms with Crippen LogP contribution in [0.15, 0.2) is 18.2 Å². The number of hydrogen-bond donors (Lipinski definition) is 1. The summed E-state index contributed by atoms with van der Waals surface area (Å²) in [5, 5.41) is 3.60. The minimum atomic E-state index is 0.560. The highest BCUT2D eigenvalue weighted by Gasteiger charge is 2.16. The molecule has 1 aromatic rings. The van der Waals surface area contributed by atoms with Gasteiger partial charge in [0, 0.05) is 24.8 Å². The second kappa shape index (κ2) is 8.28. The highest BCUT2D eigenvalue weighted by atomic mass is 15.1. The molecule has 0 saturated heterocycles. The lowest BCUT2D eigenvalue weighted by Gasteiger charge is -2.28. The summed E-state index contributed by atoms with van der Waals surface area (Å²) in [6.07, 6.45) is 1.22. The van der Waals surface area contributed by atoms with E-state index < -0.39 is 0 Å². The maximum Gasteiger partial charge on any atom is 0.0547 e. The molecule has 0 aromatic carbocycles. The third kappa shape index (κ3) is 5.70. The van der Waals surface area contributed by atoms with Crippen molar-refractivity contribution in [2.45, 2.75) is 46.7 Å². The van der Waals surface area contributed by atoms with Gasteiger partial charge < -0.3 is 5.32 Å². The first-order valence-electron chi connectivity index (χ1n) is 7.41. The lowest BCUT2D eigenvalue weighted by Crippen LogP contribution is -2.43. The van der Waals surface area contributed by atoms with E-state index >= 15 is 0 Å². The van der Waals surface area contributed by atoms with Crippen molar-refractivity contribution in [1.82, 2.24) is 15.2 Å². The predicted molar refractivity (Wildman–Crippen MR) is 82.2 cm³/mol. The minimum Gasteiger partial charge on any atom is -0.313 e. The smallest absolute Gasteiger partial charge is 0.0547 e. The molecule has 0 aliphatic rings. The molecular formula is C16H29N3. The van der Waals surface area contributed by atoms with E-state index in [0.29, 0.717) is 12.0 Å². The Morgan fingerprint density at radius 1 is 1.32 bits per heavy atom. The fraction of sp³-hybridized carbons (Fsp3) is 0.688. The first-order valence-corrected chi connectivity index (χ1v) is 7.41. The molecule has 1 rings (SSSR count). The Morgan fingerprint density at radius 3 is 2.63 bits per heavy atom. The largest absolute Gasteiger partial charge is 0.313 e. The molecule has 3 nitrogen and oxygen atoms in total. The second-order valence-corrected chi connectivity index (χ2v) is 5.52. The van der Waals surface area contributed by atoms with Gasteiger partial charge >= 0.3 is 0 Å². The number of hydrogen-bond acceptors (Lipinski definition) is 3. The molecule has 1 heterocycles. The van der Waals surface area contributed by atoms with Crippen molar-refractivity contribution in [3.05, 3.63) is 29.6 Å². The zero-order valence-corrected chi connectivity index (χ0v) is 13.1. The molecule has 0 aliphatic carbocycles. The lowest BCUT2D eigenvalue weighted by molar-refractivity contribution is 0.238. The summed E-state index contributed by atoms with van der Waals surface area (Å²) < 4.78 is 0. The van der Waals surface area contributed by atoms with Crippen LogP contribution >= 0.6 is 0 Å². The van der Waals surface area contributed by atoms with E-state index in [9.17, 15) is 0 Å². The van der Waals surface area contributed by atoms with E-state index in [1.165, 1.54) is 6.42 Å². The van der Waals surface area contributed by atoms with Crippen molar-refractivity contribution < 1.29 is 0 Å². The summed E-state index contributed by atoms with van der Waals surface area (Å²) in [6.45, 7) is 11.8. The summed E-state index contributed by atoms with van der Waals surface area (Å²) >= 11 is 0. The van der Waals surface area contributed by atoms with Crippen molar-refractivity contribution in [3.63, 3.8) is 0 Å². The number of nitrogens with one attached hydrogen (secondary N) is 1. The monoisotopic (exact) mass is 263 g/mol. The van der Waals surface area contributed by atoms with Crippen molar-refractivity contribution >= 4 is 0 Å². The van der Waals surface area contributed by atoms with Gasteiger partial charge in [0.2, 0.25) is 0 Å². The molecule has 0 aliphatic heterocycles. The summed E-state index contributed by atoms with van der Waals surface area (Å²) in [7, 11) is 2.18. The maximum atomic E-state index is 4.57. The zero-order valence-electron chi connectivity index (χ0n) is 13.1. The van der Waals surface area contributed by atoms with Gasteiger partial charge in [0.1, 0.15) is 0 Å². The number of aromatic nitrogens is 1. The highest BCUT2D eigenvalue weighted by Crippen LogP contribution is 2.10. The van der Waals surface area contributed by atoms with Crippen molar-refractivity contribution in [3.8, 4) is 0 Å². The number of pyridine rings is 1. The number of likely N-dealkylation sites (N-methyl/N-ethyl adjacent to an activating group) is 2. The average molecular weight is 263 g/mol. The van der Waals surface area contributed by atoms with Gasteiger partial charge in [-0.1, -0.05) is 33.3 Å². The third-order valence-corrected chi connectivity index (χ3v) is 3.68. The van der Waals surface area contributed by atoms with Crippen LogP contribution in [-0.4, -0.2) is 36.1 Å². The van der Waals surface area contributed by atoms with E-state index in [1.807, 2.05) is 13.0 Å². The first kappa shape index (κ1) is 16.1. The molecule has 0 bridgehead atoms. The van der Waals surface area contributed by atoms with Crippen LogP contribution in [0.25, 0.3) is 0 Å². The quantitative estimate of drug-likeness (QED) is 0.781. The van der Waals surface area contributed by atoms with Crippen molar-refractivity contribution in [1.29, 1.82) is 0 Å². The molecule has 108 valence electrons. The normalized spacial score (nSPS) is 14.6. The molecule has 0 spiro atoms. The zero-order chi connectivity index (χ0) is 14.3. The fourth-order valence-electron chi connectivity index (χ4n) is 2.36. The van der Waals surface area contributed by atoms with Crippen LogP contribution in [0.1, 0.15) is 38.6 Å². The Balaban J connectivity index is 2.54. The number of nitrogens with zero attached hydrogens (tertiary/aromatic N) is 2. The standard InChI is InChI=1S/C16H29N3/c1-6-13(3)16(17-7-2)12-19(5)11-15-10-8-9-14(4)18-15/h8-10,13,16-17H,6-7,11-12H2,1-5H3.